The van der Waals surface area contributed by atoms with Crippen LogP contribution >= 0.6 is 0 Å². The Kier molecular flexibility index (Phi) is 3.21. The second-order valence-corrected chi connectivity index (χ2v) is 2.34. The van der Waals surface area contributed by atoms with Crippen molar-refractivity contribution in [3.8, 4) is 0 Å². The zero-order valence-corrected chi connectivity index (χ0v) is 6.84. The lowest BCUT2D eigenvalue weighted by Crippen LogP contribution is -2.12. The molecule has 0 atom stereocenters. The number of nitrogens with two attached hydrogens (primary N) is 1. The van der Waals surface area contributed by atoms with Crippen LogP contribution in [0.1, 0.15) is 11.6 Å². The Balaban J connectivity index is 2.64. The third kappa shape index (κ3) is 3.08. The molecule has 70 valence electrons. The van der Waals surface area contributed by atoms with E-state index in [4.69, 9.17) is 10.8 Å². The maximum Gasteiger partial charge on any atom is 0.311 e. The van der Waals surface area contributed by atoms with Gasteiger partial charge in [0.2, 0.25) is 0 Å². The minimum Gasteiger partial charge on any atom is -0.481 e. The van der Waals surface area contributed by atoms with Gasteiger partial charge in [-0.25, -0.2) is 0 Å². The highest BCUT2D eigenvalue weighted by molar-refractivity contribution is 5.68. The molecular weight excluding hydrogens is 174 g/mol. The number of hydrogen-bond donors (Lipinski definition) is 2. The van der Waals surface area contributed by atoms with Crippen LogP contribution < -0.4 is 5.73 Å². The lowest BCUT2D eigenvalue weighted by molar-refractivity contribution is -0.136. The minimum absolute atomic E-state index is 0.105. The Bertz CT molecular complexity index is 286. The summed E-state index contributed by atoms with van der Waals surface area (Å²) in [4.78, 5) is 10.2. The lowest BCUT2D eigenvalue weighted by Gasteiger charge is -1.95. The third-order valence-corrected chi connectivity index (χ3v) is 1.24. The monoisotopic (exact) mass is 183 g/mol. The van der Waals surface area contributed by atoms with E-state index in [1.165, 1.54) is 0 Å². The summed E-state index contributed by atoms with van der Waals surface area (Å²) < 4.78 is 0. The minimum atomic E-state index is -1.00. The summed E-state index contributed by atoms with van der Waals surface area (Å²) in [5, 5.41) is 22.8. The van der Waals surface area contributed by atoms with Gasteiger partial charge in [-0.05, 0) is 6.54 Å². The molecule has 0 aromatic carbocycles. The Labute approximate surface area is 74.0 Å². The smallest absolute Gasteiger partial charge is 0.311 e. The Morgan fingerprint density at radius 2 is 1.77 bits per heavy atom. The Morgan fingerprint density at radius 3 is 2.23 bits per heavy atom. The van der Waals surface area contributed by atoms with Gasteiger partial charge in [0, 0.05) is 6.42 Å². The molecule has 7 nitrogen and oxygen atoms in total. The molecule has 3 N–H and O–H groups in total. The van der Waals surface area contributed by atoms with Gasteiger partial charge < -0.3 is 10.8 Å². The molecule has 0 bridgehead atoms. The van der Waals surface area contributed by atoms with Gasteiger partial charge in [0.05, 0.1) is 0 Å². The molecule has 13 heavy (non-hydrogen) atoms. The molecule has 1 heterocycles. The quantitative estimate of drug-likeness (QED) is 0.577. The molecule has 0 aliphatic carbocycles. The summed E-state index contributed by atoms with van der Waals surface area (Å²) >= 11 is 0. The van der Waals surface area contributed by atoms with Crippen LogP contribution in [0.25, 0.3) is 0 Å². The van der Waals surface area contributed by atoms with Crippen molar-refractivity contribution in [1.82, 2.24) is 20.4 Å². The van der Waals surface area contributed by atoms with Crippen LogP contribution in [0, 0.1) is 0 Å². The van der Waals surface area contributed by atoms with E-state index in [9.17, 15) is 4.79 Å². The van der Waals surface area contributed by atoms with E-state index in [2.05, 4.69) is 20.4 Å². The van der Waals surface area contributed by atoms with Crippen LogP contribution in [0.2, 0.25) is 0 Å². The van der Waals surface area contributed by atoms with Crippen molar-refractivity contribution < 1.29 is 9.90 Å². The van der Waals surface area contributed by atoms with Gasteiger partial charge in [-0.3, -0.25) is 4.79 Å². The molecule has 0 aliphatic heterocycles. The van der Waals surface area contributed by atoms with Crippen LogP contribution in [0.3, 0.4) is 0 Å². The van der Waals surface area contributed by atoms with Crippen molar-refractivity contribution in [2.75, 3.05) is 6.54 Å². The molecule has 0 saturated carbocycles. The van der Waals surface area contributed by atoms with E-state index < -0.39 is 5.97 Å². The van der Waals surface area contributed by atoms with E-state index in [0.717, 1.165) is 0 Å². The van der Waals surface area contributed by atoms with E-state index in [1.54, 1.807) is 0 Å². The Hall–Kier alpha value is -1.63. The maximum absolute atomic E-state index is 10.2. The number of rotatable bonds is 4. The van der Waals surface area contributed by atoms with Crippen LogP contribution in [0.5, 0.6) is 0 Å². The van der Waals surface area contributed by atoms with Crippen molar-refractivity contribution in [1.29, 1.82) is 0 Å². The molecule has 7 heteroatoms. The average molecular weight is 183 g/mol. The van der Waals surface area contributed by atoms with E-state index >= 15 is 0 Å². The third-order valence-electron chi connectivity index (χ3n) is 1.24. The SMILES string of the molecule is NCCc1nnc(CC(=O)O)nn1. The molecule has 0 aliphatic rings. The number of hydrogen-bond acceptors (Lipinski definition) is 6. The predicted molar refractivity (Wildman–Crippen MR) is 41.7 cm³/mol. The number of aliphatic carboxylic acids is 1. The number of carbonyl (C=O) groups is 1. The van der Waals surface area contributed by atoms with E-state index in [0.29, 0.717) is 18.8 Å². The van der Waals surface area contributed by atoms with Crippen molar-refractivity contribution in [2.24, 2.45) is 5.73 Å². The fraction of sp³-hybridized carbons (Fsp3) is 0.500. The number of aromatic nitrogens is 4. The van der Waals surface area contributed by atoms with Gasteiger partial charge in [0.15, 0.2) is 11.6 Å². The molecule has 0 radical (unpaired) electrons. The highest BCUT2D eigenvalue weighted by Gasteiger charge is 2.05. The normalized spacial score (nSPS) is 9.92. The van der Waals surface area contributed by atoms with Gasteiger partial charge in [-0.1, -0.05) is 0 Å². The first-order valence-electron chi connectivity index (χ1n) is 3.69. The maximum atomic E-state index is 10.2. The van der Waals surface area contributed by atoms with E-state index in [1.807, 2.05) is 0 Å². The molecule has 0 fully saturated rings. The Morgan fingerprint density at radius 1 is 1.23 bits per heavy atom. The summed E-state index contributed by atoms with van der Waals surface area (Å²) in [7, 11) is 0. The predicted octanol–water partition coefficient (Wildman–Crippen LogP) is -1.61. The summed E-state index contributed by atoms with van der Waals surface area (Å²) in [5.74, 6) is -0.472. The highest BCUT2D eigenvalue weighted by atomic mass is 16.4. The topological polar surface area (TPSA) is 115 Å². The second-order valence-electron chi connectivity index (χ2n) is 2.34. The van der Waals surface area contributed by atoms with Gasteiger partial charge in [-0.2, -0.15) is 0 Å². The lowest BCUT2D eigenvalue weighted by atomic mass is 10.4. The molecule has 0 unspecified atom stereocenters. The van der Waals surface area contributed by atoms with Gasteiger partial charge in [0.25, 0.3) is 0 Å². The molecule has 0 amide bonds. The number of carboxylic acid groups (broad SMARTS) is 1. The van der Waals surface area contributed by atoms with Crippen LogP contribution in [0.15, 0.2) is 0 Å². The summed E-state index contributed by atoms with van der Waals surface area (Å²) in [5.41, 5.74) is 5.25. The van der Waals surface area contributed by atoms with Crippen molar-refractivity contribution >= 4 is 5.97 Å². The molecular formula is C6H9N5O2. The van der Waals surface area contributed by atoms with Crippen LogP contribution in [-0.4, -0.2) is 38.0 Å². The van der Waals surface area contributed by atoms with Gasteiger partial charge in [-0.15, -0.1) is 20.4 Å². The first kappa shape index (κ1) is 9.46. The molecule has 1 aromatic rings. The first-order valence-corrected chi connectivity index (χ1v) is 3.69. The fourth-order valence-corrected chi connectivity index (χ4v) is 0.706. The fourth-order valence-electron chi connectivity index (χ4n) is 0.706. The van der Waals surface area contributed by atoms with E-state index in [-0.39, 0.29) is 12.2 Å². The number of nitrogens with zero attached hydrogens (tertiary/aromatic N) is 4. The molecule has 1 aromatic heterocycles. The van der Waals surface area contributed by atoms with Crippen LogP contribution in [0.4, 0.5) is 0 Å². The zero-order chi connectivity index (χ0) is 9.68. The second kappa shape index (κ2) is 4.41. The summed E-state index contributed by atoms with van der Waals surface area (Å²) in [6.45, 7) is 0.418. The number of carboxylic acids is 1. The molecule has 1 rings (SSSR count). The molecule has 0 saturated heterocycles. The summed E-state index contributed by atoms with van der Waals surface area (Å²) in [6.07, 6.45) is 0.232. The van der Waals surface area contributed by atoms with Crippen molar-refractivity contribution in [3.05, 3.63) is 11.6 Å². The van der Waals surface area contributed by atoms with Crippen molar-refractivity contribution in [2.45, 2.75) is 12.8 Å². The van der Waals surface area contributed by atoms with Gasteiger partial charge >= 0.3 is 5.97 Å². The molecule has 0 spiro atoms. The van der Waals surface area contributed by atoms with Crippen molar-refractivity contribution in [3.63, 3.8) is 0 Å². The standard InChI is InChI=1S/C6H9N5O2/c7-2-1-4-8-10-5(11-9-4)3-6(12)13/h1-3,7H2,(H,12,13). The zero-order valence-electron chi connectivity index (χ0n) is 6.84. The van der Waals surface area contributed by atoms with Crippen LogP contribution in [-0.2, 0) is 17.6 Å². The first-order chi connectivity index (χ1) is 6.22. The summed E-state index contributed by atoms with van der Waals surface area (Å²) in [6, 6.07) is 0. The highest BCUT2D eigenvalue weighted by Crippen LogP contribution is 1.88. The average Bonchev–Trinajstić information content (AvgIpc) is 2.08. The largest absolute Gasteiger partial charge is 0.481 e. The van der Waals surface area contributed by atoms with Gasteiger partial charge in [0.1, 0.15) is 6.42 Å².